The largest absolute Gasteiger partial charge is 0.352 e. The van der Waals surface area contributed by atoms with Crippen molar-refractivity contribution >= 4 is 27.5 Å². The summed E-state index contributed by atoms with van der Waals surface area (Å²) in [5, 5.41) is 3.15. The van der Waals surface area contributed by atoms with E-state index in [-0.39, 0.29) is 25.0 Å². The Morgan fingerprint density at radius 1 is 0.944 bits per heavy atom. The van der Waals surface area contributed by atoms with E-state index >= 15 is 0 Å². The van der Waals surface area contributed by atoms with E-state index in [1.54, 1.807) is 12.1 Å². The van der Waals surface area contributed by atoms with E-state index in [1.807, 2.05) is 56.3 Å². The molecular weight excluding hydrogens is 474 g/mol. The maximum Gasteiger partial charge on any atom is 0.244 e. The Bertz CT molecular complexity index is 1100. The molecule has 0 radical (unpaired) electrons. The Morgan fingerprint density at radius 3 is 2.14 bits per heavy atom. The summed E-state index contributed by atoms with van der Waals surface area (Å²) >= 11 is 0. The van der Waals surface area contributed by atoms with Gasteiger partial charge in [-0.05, 0) is 48.9 Å². The number of rotatable bonds is 11. The molecule has 0 aliphatic heterocycles. The zero-order chi connectivity index (χ0) is 26.1. The minimum Gasteiger partial charge on any atom is -0.352 e. The van der Waals surface area contributed by atoms with Gasteiger partial charge in [0.25, 0.3) is 0 Å². The van der Waals surface area contributed by atoms with Gasteiger partial charge in [-0.3, -0.25) is 13.9 Å². The highest BCUT2D eigenvalue weighted by atomic mass is 32.2. The van der Waals surface area contributed by atoms with Gasteiger partial charge in [0.2, 0.25) is 21.8 Å². The van der Waals surface area contributed by atoms with Crippen LogP contribution in [0.1, 0.15) is 63.5 Å². The zero-order valence-electron chi connectivity index (χ0n) is 21.7. The fourth-order valence-corrected chi connectivity index (χ4v) is 5.61. The van der Waals surface area contributed by atoms with E-state index in [2.05, 4.69) is 5.32 Å². The standard InChI is InChI=1S/C28H39N3O4S/c1-4-22-16-18-25(19-17-22)31(36(3,34)35)21-27(32)30(20-23-12-8-6-9-13-23)26(5-2)28(33)29-24-14-10-7-11-15-24/h6,8-9,12-13,16-19,24,26H,4-5,7,10-11,14-15,20-21H2,1-3H3,(H,29,33)/t26-/m0/s1. The lowest BCUT2D eigenvalue weighted by molar-refractivity contribution is -0.140. The third-order valence-corrected chi connectivity index (χ3v) is 7.99. The lowest BCUT2D eigenvalue weighted by atomic mass is 9.95. The van der Waals surface area contributed by atoms with Gasteiger partial charge >= 0.3 is 0 Å². The summed E-state index contributed by atoms with van der Waals surface area (Å²) < 4.78 is 26.6. The summed E-state index contributed by atoms with van der Waals surface area (Å²) in [6, 6.07) is 16.1. The molecule has 7 nitrogen and oxygen atoms in total. The summed E-state index contributed by atoms with van der Waals surface area (Å²) in [7, 11) is -3.73. The van der Waals surface area contributed by atoms with Gasteiger partial charge in [0.1, 0.15) is 12.6 Å². The number of nitrogens with one attached hydrogen (secondary N) is 1. The number of hydrogen-bond donors (Lipinski definition) is 1. The molecule has 0 saturated heterocycles. The molecular formula is C28H39N3O4S. The number of anilines is 1. The number of nitrogens with zero attached hydrogens (tertiary/aromatic N) is 2. The van der Waals surface area contributed by atoms with Crippen LogP contribution in [0.5, 0.6) is 0 Å². The van der Waals surface area contributed by atoms with Crippen LogP contribution in [0.15, 0.2) is 54.6 Å². The molecule has 1 aliphatic carbocycles. The second-order valence-corrected chi connectivity index (χ2v) is 11.5. The number of carbonyl (C=O) groups excluding carboxylic acids is 2. The SMILES string of the molecule is CCc1ccc(N(CC(=O)N(Cc2ccccc2)[C@@H](CC)C(=O)NC2CCCCC2)S(C)(=O)=O)cc1. The smallest absolute Gasteiger partial charge is 0.244 e. The normalized spacial score (nSPS) is 15.2. The van der Waals surface area contributed by atoms with Gasteiger partial charge in [-0.25, -0.2) is 8.42 Å². The number of sulfonamides is 1. The van der Waals surface area contributed by atoms with Gasteiger partial charge in [0.05, 0.1) is 11.9 Å². The second-order valence-electron chi connectivity index (χ2n) is 9.56. The van der Waals surface area contributed by atoms with Crippen LogP contribution in [0.3, 0.4) is 0 Å². The number of benzene rings is 2. The molecule has 0 unspecified atom stereocenters. The average Bonchev–Trinajstić information content (AvgIpc) is 2.87. The first-order valence-corrected chi connectivity index (χ1v) is 14.8. The summed E-state index contributed by atoms with van der Waals surface area (Å²) in [5.41, 5.74) is 2.39. The first kappa shape index (κ1) is 27.7. The van der Waals surface area contributed by atoms with E-state index in [0.29, 0.717) is 12.1 Å². The van der Waals surface area contributed by atoms with E-state index < -0.39 is 22.0 Å². The van der Waals surface area contributed by atoms with Gasteiger partial charge in [-0.15, -0.1) is 0 Å². The number of aryl methyl sites for hydroxylation is 1. The third-order valence-electron chi connectivity index (χ3n) is 6.84. The molecule has 2 amide bonds. The Balaban J connectivity index is 1.88. The Labute approximate surface area is 215 Å². The van der Waals surface area contributed by atoms with Crippen LogP contribution in [-0.4, -0.2) is 50.0 Å². The van der Waals surface area contributed by atoms with Crippen molar-refractivity contribution in [2.75, 3.05) is 17.1 Å². The molecule has 1 saturated carbocycles. The third kappa shape index (κ3) is 7.56. The zero-order valence-corrected chi connectivity index (χ0v) is 22.5. The van der Waals surface area contributed by atoms with Crippen LogP contribution in [-0.2, 0) is 32.6 Å². The van der Waals surface area contributed by atoms with Crippen molar-refractivity contribution in [1.82, 2.24) is 10.2 Å². The lowest BCUT2D eigenvalue weighted by Gasteiger charge is -2.34. The average molecular weight is 514 g/mol. The highest BCUT2D eigenvalue weighted by Crippen LogP contribution is 2.22. The van der Waals surface area contributed by atoms with Gasteiger partial charge in [-0.2, -0.15) is 0 Å². The molecule has 0 bridgehead atoms. The van der Waals surface area contributed by atoms with Crippen molar-refractivity contribution in [3.05, 3.63) is 65.7 Å². The monoisotopic (exact) mass is 513 g/mol. The topological polar surface area (TPSA) is 86.8 Å². The fourth-order valence-electron chi connectivity index (χ4n) is 4.76. The van der Waals surface area contributed by atoms with Crippen LogP contribution in [0.2, 0.25) is 0 Å². The van der Waals surface area contributed by atoms with Crippen LogP contribution in [0.4, 0.5) is 5.69 Å². The van der Waals surface area contributed by atoms with Crippen LogP contribution >= 0.6 is 0 Å². The van der Waals surface area contributed by atoms with Gasteiger partial charge in [0, 0.05) is 12.6 Å². The van der Waals surface area contributed by atoms with Crippen molar-refractivity contribution in [1.29, 1.82) is 0 Å². The molecule has 1 fully saturated rings. The highest BCUT2D eigenvalue weighted by molar-refractivity contribution is 7.92. The molecule has 36 heavy (non-hydrogen) atoms. The lowest BCUT2D eigenvalue weighted by Crippen LogP contribution is -2.53. The van der Waals surface area contributed by atoms with Crippen molar-refractivity contribution in [2.24, 2.45) is 0 Å². The first-order valence-electron chi connectivity index (χ1n) is 12.9. The molecule has 196 valence electrons. The summed E-state index contributed by atoms with van der Waals surface area (Å²) in [5.74, 6) is -0.582. The molecule has 1 atom stereocenters. The summed E-state index contributed by atoms with van der Waals surface area (Å²) in [4.78, 5) is 28.6. The quantitative estimate of drug-likeness (QED) is 0.486. The van der Waals surface area contributed by atoms with Crippen molar-refractivity contribution in [3.63, 3.8) is 0 Å². The minimum atomic E-state index is -3.73. The Kier molecular flexibility index (Phi) is 9.93. The molecule has 2 aromatic carbocycles. The molecule has 1 N–H and O–H groups in total. The van der Waals surface area contributed by atoms with Crippen molar-refractivity contribution < 1.29 is 18.0 Å². The van der Waals surface area contributed by atoms with Crippen molar-refractivity contribution in [2.45, 2.75) is 77.4 Å². The molecule has 2 aromatic rings. The van der Waals surface area contributed by atoms with E-state index in [1.165, 1.54) is 11.3 Å². The van der Waals surface area contributed by atoms with Crippen LogP contribution in [0.25, 0.3) is 0 Å². The Morgan fingerprint density at radius 2 is 1.58 bits per heavy atom. The van der Waals surface area contributed by atoms with Crippen LogP contribution < -0.4 is 9.62 Å². The number of carbonyl (C=O) groups is 2. The van der Waals surface area contributed by atoms with Gasteiger partial charge in [0.15, 0.2) is 0 Å². The summed E-state index contributed by atoms with van der Waals surface area (Å²) in [6.07, 6.45) is 7.63. The van der Waals surface area contributed by atoms with E-state index in [9.17, 15) is 18.0 Å². The minimum absolute atomic E-state index is 0.124. The second kappa shape index (κ2) is 12.9. The van der Waals surface area contributed by atoms with Crippen molar-refractivity contribution in [3.8, 4) is 0 Å². The molecule has 0 aromatic heterocycles. The van der Waals surface area contributed by atoms with Gasteiger partial charge in [-0.1, -0.05) is 75.6 Å². The molecule has 3 rings (SSSR count). The van der Waals surface area contributed by atoms with E-state index in [0.717, 1.165) is 53.8 Å². The molecule has 1 aliphatic rings. The first-order chi connectivity index (χ1) is 17.2. The van der Waals surface area contributed by atoms with E-state index in [4.69, 9.17) is 0 Å². The fraction of sp³-hybridized carbons (Fsp3) is 0.500. The van der Waals surface area contributed by atoms with Crippen LogP contribution in [0, 0.1) is 0 Å². The Hall–Kier alpha value is -2.87. The predicted octanol–water partition coefficient (Wildman–Crippen LogP) is 4.27. The highest BCUT2D eigenvalue weighted by Gasteiger charge is 2.32. The molecule has 0 heterocycles. The van der Waals surface area contributed by atoms with Gasteiger partial charge < -0.3 is 10.2 Å². The maximum absolute atomic E-state index is 13.7. The maximum atomic E-state index is 13.7. The molecule has 8 heteroatoms. The number of hydrogen-bond acceptors (Lipinski definition) is 4. The molecule has 0 spiro atoms. The summed E-state index contributed by atoms with van der Waals surface area (Å²) in [6.45, 7) is 3.76. The predicted molar refractivity (Wildman–Crippen MR) is 144 cm³/mol. The number of amides is 2.